The monoisotopic (exact) mass is 351 g/mol. The summed E-state index contributed by atoms with van der Waals surface area (Å²) in [5.74, 6) is 0.882. The Labute approximate surface area is 139 Å². The van der Waals surface area contributed by atoms with Crippen LogP contribution in [0.15, 0.2) is 28.7 Å². The van der Waals surface area contributed by atoms with Gasteiger partial charge >= 0.3 is 0 Å². The van der Waals surface area contributed by atoms with E-state index < -0.39 is 0 Å². The zero-order chi connectivity index (χ0) is 15.5. The van der Waals surface area contributed by atoms with Crippen LogP contribution in [0.3, 0.4) is 0 Å². The fourth-order valence-corrected chi connectivity index (χ4v) is 3.80. The van der Waals surface area contributed by atoms with Crippen LogP contribution in [0.1, 0.15) is 71.4 Å². The highest BCUT2D eigenvalue weighted by Crippen LogP contribution is 2.37. The molecule has 1 fully saturated rings. The molecule has 0 saturated heterocycles. The predicted molar refractivity (Wildman–Crippen MR) is 95.5 cm³/mol. The minimum atomic E-state index is 0.439. The highest BCUT2D eigenvalue weighted by atomic mass is 79.9. The molecule has 1 aliphatic rings. The molecule has 0 aliphatic heterocycles. The van der Waals surface area contributed by atoms with Gasteiger partial charge in [-0.25, -0.2) is 0 Å². The zero-order valence-corrected chi connectivity index (χ0v) is 15.5. The molecule has 0 amide bonds. The highest BCUT2D eigenvalue weighted by molar-refractivity contribution is 9.10. The van der Waals surface area contributed by atoms with E-state index in [9.17, 15) is 0 Å². The van der Waals surface area contributed by atoms with Crippen LogP contribution in [-0.4, -0.2) is 6.04 Å². The Balaban J connectivity index is 1.90. The van der Waals surface area contributed by atoms with Gasteiger partial charge in [0.05, 0.1) is 0 Å². The van der Waals surface area contributed by atoms with E-state index in [1.807, 2.05) is 0 Å². The molecule has 3 atom stereocenters. The lowest BCUT2D eigenvalue weighted by atomic mass is 9.76. The van der Waals surface area contributed by atoms with Crippen molar-refractivity contribution in [1.29, 1.82) is 0 Å². The van der Waals surface area contributed by atoms with Crippen LogP contribution < -0.4 is 5.32 Å². The Hall–Kier alpha value is -0.340. The van der Waals surface area contributed by atoms with Gasteiger partial charge in [-0.1, -0.05) is 55.3 Å². The van der Waals surface area contributed by atoms with Crippen molar-refractivity contribution in [2.24, 2.45) is 11.3 Å². The second-order valence-electron chi connectivity index (χ2n) is 7.71. The normalized spacial score (nSPS) is 25.4. The summed E-state index contributed by atoms with van der Waals surface area (Å²) in [5, 5.41) is 3.85. The third-order valence-electron chi connectivity index (χ3n) is 5.05. The first-order chi connectivity index (χ1) is 9.86. The summed E-state index contributed by atoms with van der Waals surface area (Å²) < 4.78 is 1.15. The van der Waals surface area contributed by atoms with Crippen LogP contribution in [0, 0.1) is 11.3 Å². The number of hydrogen-bond acceptors (Lipinski definition) is 1. The van der Waals surface area contributed by atoms with Crippen molar-refractivity contribution in [3.8, 4) is 0 Å². The predicted octanol–water partition coefficient (Wildman–Crippen LogP) is 6.09. The molecule has 0 aromatic heterocycles. The second kappa shape index (κ2) is 7.28. The molecule has 1 aromatic carbocycles. The molecule has 1 nitrogen and oxygen atoms in total. The SMILES string of the molecule is C[C@H](NC1CCCC(C(C)(C)C)CC1)c1ccc(Br)cc1. The van der Waals surface area contributed by atoms with Gasteiger partial charge in [-0.3, -0.25) is 0 Å². The van der Waals surface area contributed by atoms with E-state index in [4.69, 9.17) is 0 Å². The molecule has 0 spiro atoms. The minimum Gasteiger partial charge on any atom is -0.307 e. The standard InChI is InChI=1S/C19H30BrN/c1-14(15-8-11-17(20)12-9-15)21-18-7-5-6-16(10-13-18)19(2,3)4/h8-9,11-12,14,16,18,21H,5-7,10,13H2,1-4H3/t14-,16?,18?/m0/s1. The first-order valence-corrected chi connectivity index (χ1v) is 9.17. The van der Waals surface area contributed by atoms with Crippen LogP contribution in [0.4, 0.5) is 0 Å². The van der Waals surface area contributed by atoms with Crippen molar-refractivity contribution >= 4 is 15.9 Å². The Kier molecular flexibility index (Phi) is 5.90. The van der Waals surface area contributed by atoms with Crippen molar-refractivity contribution in [2.75, 3.05) is 0 Å². The number of hydrogen-bond donors (Lipinski definition) is 1. The van der Waals surface area contributed by atoms with Crippen molar-refractivity contribution in [1.82, 2.24) is 5.32 Å². The lowest BCUT2D eigenvalue weighted by Crippen LogP contribution is -2.31. The molecule has 2 unspecified atom stereocenters. The third-order valence-corrected chi connectivity index (χ3v) is 5.58. The van der Waals surface area contributed by atoms with Crippen LogP contribution in [0.2, 0.25) is 0 Å². The van der Waals surface area contributed by atoms with E-state index in [1.165, 1.54) is 37.7 Å². The molecule has 21 heavy (non-hydrogen) atoms. The van der Waals surface area contributed by atoms with Gasteiger partial charge in [0.15, 0.2) is 0 Å². The molecule has 2 rings (SSSR count). The van der Waals surface area contributed by atoms with Gasteiger partial charge in [-0.2, -0.15) is 0 Å². The van der Waals surface area contributed by atoms with E-state index in [0.717, 1.165) is 10.4 Å². The fraction of sp³-hybridized carbons (Fsp3) is 0.684. The Morgan fingerprint density at radius 1 is 1.05 bits per heavy atom. The smallest absolute Gasteiger partial charge is 0.0294 e. The molecular formula is C19H30BrN. The molecule has 0 radical (unpaired) electrons. The van der Waals surface area contributed by atoms with Gasteiger partial charge in [0.1, 0.15) is 0 Å². The van der Waals surface area contributed by atoms with Crippen LogP contribution >= 0.6 is 15.9 Å². The Morgan fingerprint density at radius 2 is 1.71 bits per heavy atom. The Bertz CT molecular complexity index is 432. The van der Waals surface area contributed by atoms with Crippen LogP contribution in [0.5, 0.6) is 0 Å². The Morgan fingerprint density at radius 3 is 2.33 bits per heavy atom. The van der Waals surface area contributed by atoms with Gasteiger partial charge in [0.25, 0.3) is 0 Å². The van der Waals surface area contributed by atoms with Crippen molar-refractivity contribution in [2.45, 2.75) is 71.9 Å². The summed E-state index contributed by atoms with van der Waals surface area (Å²) in [6, 6.07) is 9.82. The lowest BCUT2D eigenvalue weighted by Gasteiger charge is -2.30. The summed E-state index contributed by atoms with van der Waals surface area (Å²) in [7, 11) is 0. The van der Waals surface area contributed by atoms with E-state index in [0.29, 0.717) is 17.5 Å². The van der Waals surface area contributed by atoms with Gasteiger partial charge in [-0.05, 0) is 61.6 Å². The van der Waals surface area contributed by atoms with E-state index in [1.54, 1.807) is 0 Å². The molecule has 2 heteroatoms. The van der Waals surface area contributed by atoms with E-state index in [2.05, 4.69) is 73.2 Å². The number of rotatable bonds is 3. The molecular weight excluding hydrogens is 322 g/mol. The summed E-state index contributed by atoms with van der Waals surface area (Å²) in [5.41, 5.74) is 1.85. The quantitative estimate of drug-likeness (QED) is 0.649. The van der Waals surface area contributed by atoms with Gasteiger partial charge in [-0.15, -0.1) is 0 Å². The molecule has 1 N–H and O–H groups in total. The summed E-state index contributed by atoms with van der Waals surface area (Å²) in [4.78, 5) is 0. The molecule has 1 aromatic rings. The first-order valence-electron chi connectivity index (χ1n) is 8.38. The molecule has 1 aliphatic carbocycles. The molecule has 0 heterocycles. The topological polar surface area (TPSA) is 12.0 Å². The average molecular weight is 352 g/mol. The first kappa shape index (κ1) is 17.0. The zero-order valence-electron chi connectivity index (χ0n) is 14.0. The molecule has 1 saturated carbocycles. The van der Waals surface area contributed by atoms with Gasteiger partial charge in [0, 0.05) is 16.6 Å². The summed E-state index contributed by atoms with van der Waals surface area (Å²) >= 11 is 3.51. The van der Waals surface area contributed by atoms with Crippen LogP contribution in [0.25, 0.3) is 0 Å². The summed E-state index contributed by atoms with van der Waals surface area (Å²) in [6.07, 6.45) is 6.78. The number of halogens is 1. The van der Waals surface area contributed by atoms with Crippen molar-refractivity contribution in [3.05, 3.63) is 34.3 Å². The van der Waals surface area contributed by atoms with Gasteiger partial charge in [0.2, 0.25) is 0 Å². The highest BCUT2D eigenvalue weighted by Gasteiger charge is 2.28. The van der Waals surface area contributed by atoms with E-state index in [-0.39, 0.29) is 0 Å². The minimum absolute atomic E-state index is 0.439. The maximum absolute atomic E-state index is 3.85. The second-order valence-corrected chi connectivity index (χ2v) is 8.62. The number of nitrogens with one attached hydrogen (secondary N) is 1. The third kappa shape index (κ3) is 5.10. The largest absolute Gasteiger partial charge is 0.307 e. The fourth-order valence-electron chi connectivity index (χ4n) is 3.54. The van der Waals surface area contributed by atoms with E-state index >= 15 is 0 Å². The van der Waals surface area contributed by atoms with Crippen molar-refractivity contribution in [3.63, 3.8) is 0 Å². The average Bonchev–Trinajstić information content (AvgIpc) is 2.64. The maximum Gasteiger partial charge on any atom is 0.0294 e. The molecule has 118 valence electrons. The number of benzene rings is 1. The summed E-state index contributed by atoms with van der Waals surface area (Å²) in [6.45, 7) is 9.48. The molecule has 0 bridgehead atoms. The van der Waals surface area contributed by atoms with Crippen LogP contribution in [-0.2, 0) is 0 Å². The maximum atomic E-state index is 3.85. The lowest BCUT2D eigenvalue weighted by molar-refractivity contribution is 0.213. The van der Waals surface area contributed by atoms with Crippen molar-refractivity contribution < 1.29 is 0 Å². The van der Waals surface area contributed by atoms with Gasteiger partial charge < -0.3 is 5.32 Å².